The summed E-state index contributed by atoms with van der Waals surface area (Å²) in [4.78, 5) is 21.1. The summed E-state index contributed by atoms with van der Waals surface area (Å²) in [6, 6.07) is 3.78. The highest BCUT2D eigenvalue weighted by Gasteiger charge is 2.22. The van der Waals surface area contributed by atoms with Gasteiger partial charge in [0.05, 0.1) is 25.1 Å². The zero-order valence-corrected chi connectivity index (χ0v) is 14.5. The molecule has 2 fully saturated rings. The van der Waals surface area contributed by atoms with Crippen molar-refractivity contribution >= 4 is 11.6 Å². The number of pyridine rings is 1. The molecule has 1 amide bonds. The number of ether oxygens (including phenoxy) is 1. The first-order chi connectivity index (χ1) is 11.7. The number of carbonyl (C=O) groups is 1. The van der Waals surface area contributed by atoms with Crippen LogP contribution in [0.25, 0.3) is 0 Å². The number of nitrogens with one attached hydrogen (secondary N) is 1. The van der Waals surface area contributed by atoms with Crippen LogP contribution in [-0.2, 0) is 4.74 Å². The quantitative estimate of drug-likeness (QED) is 0.889. The predicted octanol–water partition coefficient (Wildman–Crippen LogP) is 1.70. The van der Waals surface area contributed by atoms with E-state index in [1.54, 1.807) is 6.20 Å². The topological polar surface area (TPSA) is 57.7 Å². The zero-order chi connectivity index (χ0) is 16.8. The van der Waals surface area contributed by atoms with Crippen LogP contribution in [0.1, 0.15) is 30.3 Å². The van der Waals surface area contributed by atoms with E-state index in [9.17, 15) is 4.79 Å². The Morgan fingerprint density at radius 1 is 1.25 bits per heavy atom. The molecule has 2 aliphatic heterocycles. The van der Waals surface area contributed by atoms with E-state index in [-0.39, 0.29) is 5.91 Å². The Morgan fingerprint density at radius 2 is 2.00 bits per heavy atom. The van der Waals surface area contributed by atoms with Crippen LogP contribution in [0.5, 0.6) is 0 Å². The normalized spacial score (nSPS) is 20.1. The second kappa shape index (κ2) is 8.44. The summed E-state index contributed by atoms with van der Waals surface area (Å²) in [6.45, 7) is 9.47. The average molecular weight is 332 g/mol. The van der Waals surface area contributed by atoms with Crippen molar-refractivity contribution in [2.24, 2.45) is 5.92 Å². The third-order valence-electron chi connectivity index (χ3n) is 4.91. The molecule has 24 heavy (non-hydrogen) atoms. The lowest BCUT2D eigenvalue weighted by Gasteiger charge is -2.30. The van der Waals surface area contributed by atoms with Crippen molar-refractivity contribution in [3.8, 4) is 0 Å². The number of likely N-dealkylation sites (tertiary alicyclic amines) is 1. The number of nitrogens with zero attached hydrogens (tertiary/aromatic N) is 3. The minimum absolute atomic E-state index is 0.0572. The van der Waals surface area contributed by atoms with Gasteiger partial charge >= 0.3 is 0 Å². The van der Waals surface area contributed by atoms with Crippen LogP contribution in [0, 0.1) is 5.92 Å². The Morgan fingerprint density at radius 3 is 2.67 bits per heavy atom. The number of hydrogen-bond acceptors (Lipinski definition) is 5. The lowest BCUT2D eigenvalue weighted by atomic mass is 9.99. The van der Waals surface area contributed by atoms with E-state index in [1.165, 1.54) is 0 Å². The molecule has 2 saturated heterocycles. The summed E-state index contributed by atoms with van der Waals surface area (Å²) in [5, 5.41) is 3.37. The van der Waals surface area contributed by atoms with Crippen LogP contribution in [0.2, 0.25) is 0 Å². The monoisotopic (exact) mass is 332 g/mol. The van der Waals surface area contributed by atoms with Gasteiger partial charge in [-0.3, -0.25) is 9.69 Å². The van der Waals surface area contributed by atoms with Gasteiger partial charge in [0, 0.05) is 39.3 Å². The largest absolute Gasteiger partial charge is 0.383 e. The van der Waals surface area contributed by atoms with E-state index in [1.807, 2.05) is 17.0 Å². The number of carbonyl (C=O) groups excluding carboxylic acids is 1. The van der Waals surface area contributed by atoms with Crippen LogP contribution in [0.3, 0.4) is 0 Å². The Labute approximate surface area is 144 Å². The number of aromatic nitrogens is 1. The Kier molecular flexibility index (Phi) is 6.04. The molecule has 0 atom stereocenters. The van der Waals surface area contributed by atoms with Gasteiger partial charge in [0.2, 0.25) is 0 Å². The molecule has 1 aromatic rings. The molecule has 0 spiro atoms. The lowest BCUT2D eigenvalue weighted by Crippen LogP contribution is -2.39. The molecule has 0 radical (unpaired) electrons. The molecule has 0 aromatic carbocycles. The first-order valence-electron chi connectivity index (χ1n) is 9.01. The van der Waals surface area contributed by atoms with Gasteiger partial charge in [-0.05, 0) is 30.9 Å². The molecule has 2 aliphatic rings. The highest BCUT2D eigenvalue weighted by molar-refractivity contribution is 5.92. The van der Waals surface area contributed by atoms with Gasteiger partial charge in [-0.2, -0.15) is 0 Å². The SMILES string of the molecule is CC1CCN(C(=O)c2ccc(NCCN3CCOCC3)cn2)CC1. The van der Waals surface area contributed by atoms with E-state index in [4.69, 9.17) is 4.74 Å². The Bertz CT molecular complexity index is 520. The van der Waals surface area contributed by atoms with Crippen molar-refractivity contribution in [1.29, 1.82) is 0 Å². The molecular weight excluding hydrogens is 304 g/mol. The minimum Gasteiger partial charge on any atom is -0.383 e. The van der Waals surface area contributed by atoms with E-state index in [0.717, 1.165) is 76.9 Å². The maximum atomic E-state index is 12.5. The zero-order valence-electron chi connectivity index (χ0n) is 14.5. The predicted molar refractivity (Wildman–Crippen MR) is 94.3 cm³/mol. The van der Waals surface area contributed by atoms with Gasteiger partial charge in [0.25, 0.3) is 5.91 Å². The maximum Gasteiger partial charge on any atom is 0.272 e. The second-order valence-electron chi connectivity index (χ2n) is 6.79. The van der Waals surface area contributed by atoms with Crippen LogP contribution in [-0.4, -0.2) is 73.2 Å². The molecule has 3 heterocycles. The van der Waals surface area contributed by atoms with E-state index >= 15 is 0 Å². The number of morpholine rings is 1. The van der Waals surface area contributed by atoms with Gasteiger partial charge in [0.1, 0.15) is 5.69 Å². The highest BCUT2D eigenvalue weighted by Crippen LogP contribution is 2.18. The van der Waals surface area contributed by atoms with Crippen molar-refractivity contribution in [3.63, 3.8) is 0 Å². The maximum absolute atomic E-state index is 12.5. The molecule has 6 nitrogen and oxygen atoms in total. The first kappa shape index (κ1) is 17.2. The fourth-order valence-corrected chi connectivity index (χ4v) is 3.18. The number of hydrogen-bond donors (Lipinski definition) is 1. The van der Waals surface area contributed by atoms with Crippen LogP contribution >= 0.6 is 0 Å². The third kappa shape index (κ3) is 4.68. The van der Waals surface area contributed by atoms with Crippen molar-refractivity contribution in [3.05, 3.63) is 24.0 Å². The molecule has 0 saturated carbocycles. The van der Waals surface area contributed by atoms with Gasteiger partial charge < -0.3 is 15.0 Å². The van der Waals surface area contributed by atoms with Crippen molar-refractivity contribution in [1.82, 2.24) is 14.8 Å². The number of anilines is 1. The van der Waals surface area contributed by atoms with E-state index < -0.39 is 0 Å². The molecule has 3 rings (SSSR count). The molecule has 0 aliphatic carbocycles. The third-order valence-corrected chi connectivity index (χ3v) is 4.91. The molecule has 132 valence electrons. The van der Waals surface area contributed by atoms with Gasteiger partial charge in [-0.1, -0.05) is 6.92 Å². The summed E-state index contributed by atoms with van der Waals surface area (Å²) in [7, 11) is 0. The van der Waals surface area contributed by atoms with Crippen LogP contribution < -0.4 is 5.32 Å². The van der Waals surface area contributed by atoms with Gasteiger partial charge in [-0.25, -0.2) is 4.98 Å². The van der Waals surface area contributed by atoms with Gasteiger partial charge in [0.15, 0.2) is 0 Å². The summed E-state index contributed by atoms with van der Waals surface area (Å²) >= 11 is 0. The minimum atomic E-state index is 0.0572. The second-order valence-corrected chi connectivity index (χ2v) is 6.79. The number of rotatable bonds is 5. The summed E-state index contributed by atoms with van der Waals surface area (Å²) in [5.74, 6) is 0.779. The Hall–Kier alpha value is -1.66. The highest BCUT2D eigenvalue weighted by atomic mass is 16.5. The van der Waals surface area contributed by atoms with Gasteiger partial charge in [-0.15, -0.1) is 0 Å². The number of piperidine rings is 1. The molecule has 0 unspecified atom stereocenters. The van der Waals surface area contributed by atoms with E-state index in [0.29, 0.717) is 5.69 Å². The van der Waals surface area contributed by atoms with Crippen molar-refractivity contribution in [2.75, 3.05) is 57.8 Å². The smallest absolute Gasteiger partial charge is 0.272 e. The Balaban J connectivity index is 1.45. The summed E-state index contributed by atoms with van der Waals surface area (Å²) in [6.07, 6.45) is 3.94. The standard InChI is InChI=1S/C18H28N4O2/c1-15-4-7-22(8-5-15)18(23)17-3-2-16(14-20-17)19-6-9-21-10-12-24-13-11-21/h2-3,14-15,19H,4-13H2,1H3. The molecule has 1 N–H and O–H groups in total. The first-order valence-corrected chi connectivity index (χ1v) is 9.01. The van der Waals surface area contributed by atoms with Crippen molar-refractivity contribution < 1.29 is 9.53 Å². The molecule has 0 bridgehead atoms. The van der Waals surface area contributed by atoms with Crippen LogP contribution in [0.4, 0.5) is 5.69 Å². The molecule has 6 heteroatoms. The average Bonchev–Trinajstić information content (AvgIpc) is 2.63. The lowest BCUT2D eigenvalue weighted by molar-refractivity contribution is 0.0398. The fourth-order valence-electron chi connectivity index (χ4n) is 3.18. The van der Waals surface area contributed by atoms with E-state index in [2.05, 4.69) is 22.1 Å². The fraction of sp³-hybridized carbons (Fsp3) is 0.667. The summed E-state index contributed by atoms with van der Waals surface area (Å²) < 4.78 is 5.35. The molecular formula is C18H28N4O2. The number of amides is 1. The van der Waals surface area contributed by atoms with Crippen LogP contribution in [0.15, 0.2) is 18.3 Å². The van der Waals surface area contributed by atoms with Crippen molar-refractivity contribution in [2.45, 2.75) is 19.8 Å². The summed E-state index contributed by atoms with van der Waals surface area (Å²) in [5.41, 5.74) is 1.51. The molecule has 1 aromatic heterocycles.